The van der Waals surface area contributed by atoms with Gasteiger partial charge in [-0.05, 0) is 30.7 Å². The van der Waals surface area contributed by atoms with E-state index in [4.69, 9.17) is 0 Å². The number of carbonyl (C=O) groups is 1. The minimum absolute atomic E-state index is 0.108. The Bertz CT molecular complexity index is 596. The molecule has 1 unspecified atom stereocenters. The van der Waals surface area contributed by atoms with Gasteiger partial charge in [0.25, 0.3) is 0 Å². The summed E-state index contributed by atoms with van der Waals surface area (Å²) in [6, 6.07) is 12.5. The summed E-state index contributed by atoms with van der Waals surface area (Å²) in [6.45, 7) is 1.83. The number of para-hydroxylation sites is 1. The van der Waals surface area contributed by atoms with Gasteiger partial charge >= 0.3 is 0 Å². The van der Waals surface area contributed by atoms with Crippen LogP contribution in [0, 0.1) is 5.82 Å². The molecule has 0 saturated heterocycles. The van der Waals surface area contributed by atoms with E-state index in [0.29, 0.717) is 5.56 Å². The van der Waals surface area contributed by atoms with E-state index in [1.807, 2.05) is 6.92 Å². The smallest absolute Gasteiger partial charge is 0.225 e. The second kappa shape index (κ2) is 6.19. The average molecular weight is 273 g/mol. The summed E-state index contributed by atoms with van der Waals surface area (Å²) in [6.07, 6.45) is 0.109. The van der Waals surface area contributed by atoms with Crippen LogP contribution in [-0.4, -0.2) is 11.0 Å². The summed E-state index contributed by atoms with van der Waals surface area (Å²) in [5.74, 6) is -0.387. The van der Waals surface area contributed by atoms with Crippen molar-refractivity contribution in [1.82, 2.24) is 5.32 Å². The van der Waals surface area contributed by atoms with Gasteiger partial charge in [-0.2, -0.15) is 0 Å². The first-order valence-electron chi connectivity index (χ1n) is 6.38. The van der Waals surface area contributed by atoms with Crippen LogP contribution in [0.5, 0.6) is 5.75 Å². The number of hydrogen-bond acceptors (Lipinski definition) is 2. The van der Waals surface area contributed by atoms with Crippen LogP contribution in [0.4, 0.5) is 4.39 Å². The van der Waals surface area contributed by atoms with E-state index in [2.05, 4.69) is 5.32 Å². The summed E-state index contributed by atoms with van der Waals surface area (Å²) >= 11 is 0. The summed E-state index contributed by atoms with van der Waals surface area (Å²) in [5, 5.41) is 12.4. The zero-order chi connectivity index (χ0) is 14.5. The Morgan fingerprint density at radius 3 is 2.50 bits per heavy atom. The average Bonchev–Trinajstić information content (AvgIpc) is 2.42. The van der Waals surface area contributed by atoms with Gasteiger partial charge in [-0.15, -0.1) is 0 Å². The van der Waals surface area contributed by atoms with Crippen LogP contribution in [0.25, 0.3) is 0 Å². The van der Waals surface area contributed by atoms with Gasteiger partial charge in [0.15, 0.2) is 0 Å². The first-order chi connectivity index (χ1) is 9.56. The van der Waals surface area contributed by atoms with E-state index in [9.17, 15) is 14.3 Å². The first-order valence-corrected chi connectivity index (χ1v) is 6.38. The molecule has 1 amide bonds. The molecule has 0 spiro atoms. The highest BCUT2D eigenvalue weighted by Crippen LogP contribution is 2.17. The Balaban J connectivity index is 1.98. The van der Waals surface area contributed by atoms with Gasteiger partial charge in [-0.3, -0.25) is 4.79 Å². The molecule has 2 N–H and O–H groups in total. The van der Waals surface area contributed by atoms with Crippen molar-refractivity contribution in [3.05, 3.63) is 65.5 Å². The largest absolute Gasteiger partial charge is 0.508 e. The molecule has 3 nitrogen and oxygen atoms in total. The van der Waals surface area contributed by atoms with Crippen LogP contribution < -0.4 is 5.32 Å². The van der Waals surface area contributed by atoms with Gasteiger partial charge in [0, 0.05) is 5.56 Å². The fraction of sp³-hybridized carbons (Fsp3) is 0.188. The molecule has 0 aromatic heterocycles. The van der Waals surface area contributed by atoms with Crippen LogP contribution >= 0.6 is 0 Å². The van der Waals surface area contributed by atoms with Gasteiger partial charge in [0.2, 0.25) is 5.91 Å². The highest BCUT2D eigenvalue weighted by Gasteiger charge is 2.11. The molecular formula is C16H16FNO2. The Hall–Kier alpha value is -2.36. The minimum Gasteiger partial charge on any atom is -0.508 e. The predicted molar refractivity (Wildman–Crippen MR) is 74.8 cm³/mol. The third-order valence-electron chi connectivity index (χ3n) is 3.09. The molecule has 2 aromatic rings. The third kappa shape index (κ3) is 3.57. The second-order valence-corrected chi connectivity index (χ2v) is 4.65. The maximum atomic E-state index is 12.8. The highest BCUT2D eigenvalue weighted by molar-refractivity contribution is 5.79. The van der Waals surface area contributed by atoms with Crippen LogP contribution in [-0.2, 0) is 11.2 Å². The van der Waals surface area contributed by atoms with Crippen molar-refractivity contribution in [3.8, 4) is 5.75 Å². The molecule has 0 radical (unpaired) electrons. The van der Waals surface area contributed by atoms with E-state index < -0.39 is 0 Å². The quantitative estimate of drug-likeness (QED) is 0.899. The molecule has 2 aromatic carbocycles. The van der Waals surface area contributed by atoms with Crippen molar-refractivity contribution in [2.45, 2.75) is 19.4 Å². The van der Waals surface area contributed by atoms with E-state index in [1.165, 1.54) is 12.1 Å². The lowest BCUT2D eigenvalue weighted by Crippen LogP contribution is -2.28. The number of rotatable bonds is 4. The first kappa shape index (κ1) is 14.1. The Kier molecular flexibility index (Phi) is 4.35. The second-order valence-electron chi connectivity index (χ2n) is 4.65. The lowest BCUT2D eigenvalue weighted by Gasteiger charge is -2.14. The van der Waals surface area contributed by atoms with Gasteiger partial charge < -0.3 is 10.4 Å². The number of phenols is 1. The molecule has 104 valence electrons. The van der Waals surface area contributed by atoms with Crippen LogP contribution in [0.2, 0.25) is 0 Å². The molecule has 4 heteroatoms. The lowest BCUT2D eigenvalue weighted by atomic mass is 10.1. The summed E-state index contributed by atoms with van der Waals surface area (Å²) in [5.41, 5.74) is 1.41. The van der Waals surface area contributed by atoms with Crippen molar-refractivity contribution >= 4 is 5.91 Å². The SMILES string of the molecule is CC(NC(=O)Cc1ccccc1O)c1ccc(F)cc1. The molecule has 0 aliphatic heterocycles. The molecule has 2 rings (SSSR count). The minimum atomic E-state index is -0.304. The predicted octanol–water partition coefficient (Wildman–Crippen LogP) is 2.95. The molecule has 0 aliphatic carbocycles. The Morgan fingerprint density at radius 1 is 1.20 bits per heavy atom. The maximum absolute atomic E-state index is 12.8. The topological polar surface area (TPSA) is 49.3 Å². The van der Waals surface area contributed by atoms with E-state index in [-0.39, 0.29) is 29.9 Å². The molecule has 0 fully saturated rings. The van der Waals surface area contributed by atoms with Crippen molar-refractivity contribution in [2.24, 2.45) is 0 Å². The zero-order valence-electron chi connectivity index (χ0n) is 11.1. The van der Waals surface area contributed by atoms with Crippen molar-refractivity contribution in [3.63, 3.8) is 0 Å². The fourth-order valence-electron chi connectivity index (χ4n) is 1.96. The number of phenolic OH excluding ortho intramolecular Hbond substituents is 1. The van der Waals surface area contributed by atoms with Gasteiger partial charge in [0.05, 0.1) is 12.5 Å². The molecule has 0 heterocycles. The highest BCUT2D eigenvalue weighted by atomic mass is 19.1. The van der Waals surface area contributed by atoms with Crippen LogP contribution in [0.3, 0.4) is 0 Å². The van der Waals surface area contributed by atoms with Crippen molar-refractivity contribution in [2.75, 3.05) is 0 Å². The third-order valence-corrected chi connectivity index (χ3v) is 3.09. The Morgan fingerprint density at radius 2 is 1.85 bits per heavy atom. The number of amides is 1. The summed E-state index contributed by atoms with van der Waals surface area (Å²) < 4.78 is 12.8. The van der Waals surface area contributed by atoms with Gasteiger partial charge in [0.1, 0.15) is 11.6 Å². The number of nitrogens with one attached hydrogen (secondary N) is 1. The maximum Gasteiger partial charge on any atom is 0.225 e. The summed E-state index contributed by atoms with van der Waals surface area (Å²) in [4.78, 5) is 11.9. The molecule has 0 bridgehead atoms. The molecular weight excluding hydrogens is 257 g/mol. The number of hydrogen-bond donors (Lipinski definition) is 2. The Labute approximate surface area is 117 Å². The van der Waals surface area contributed by atoms with Crippen molar-refractivity contribution in [1.29, 1.82) is 0 Å². The summed E-state index contributed by atoms with van der Waals surface area (Å²) in [7, 11) is 0. The normalized spacial score (nSPS) is 11.9. The van der Waals surface area contributed by atoms with Crippen molar-refractivity contribution < 1.29 is 14.3 Å². The van der Waals surface area contributed by atoms with E-state index >= 15 is 0 Å². The number of carbonyl (C=O) groups excluding carboxylic acids is 1. The van der Waals surface area contributed by atoms with E-state index in [0.717, 1.165) is 5.56 Å². The monoisotopic (exact) mass is 273 g/mol. The number of benzene rings is 2. The van der Waals surface area contributed by atoms with Gasteiger partial charge in [-0.25, -0.2) is 4.39 Å². The molecule has 0 saturated carbocycles. The van der Waals surface area contributed by atoms with Crippen LogP contribution in [0.1, 0.15) is 24.1 Å². The molecule has 20 heavy (non-hydrogen) atoms. The molecule has 1 atom stereocenters. The zero-order valence-corrected chi connectivity index (χ0v) is 11.1. The standard InChI is InChI=1S/C16H16FNO2/c1-11(12-6-8-14(17)9-7-12)18-16(20)10-13-4-2-3-5-15(13)19/h2-9,11,19H,10H2,1H3,(H,18,20). The number of aromatic hydroxyl groups is 1. The molecule has 0 aliphatic rings. The fourth-order valence-corrected chi connectivity index (χ4v) is 1.96. The lowest BCUT2D eigenvalue weighted by molar-refractivity contribution is -0.121. The number of halogens is 1. The van der Waals surface area contributed by atoms with E-state index in [1.54, 1.807) is 36.4 Å². The van der Waals surface area contributed by atoms with Gasteiger partial charge in [-0.1, -0.05) is 30.3 Å². The van der Waals surface area contributed by atoms with Crippen LogP contribution in [0.15, 0.2) is 48.5 Å².